The first-order valence-corrected chi connectivity index (χ1v) is 12.3. The lowest BCUT2D eigenvalue weighted by Gasteiger charge is -2.11. The van der Waals surface area contributed by atoms with E-state index in [0.29, 0.717) is 18.1 Å². The molecule has 4 nitrogen and oxygen atoms in total. The molecular weight excluding hydrogens is 376 g/mol. The first kappa shape index (κ1) is 26.3. The highest BCUT2D eigenvalue weighted by atomic mass is 16.5. The normalized spacial score (nSPS) is 10.8. The zero-order chi connectivity index (χ0) is 21.7. The zero-order valence-electron chi connectivity index (χ0n) is 19.2. The molecule has 0 aliphatic heterocycles. The summed E-state index contributed by atoms with van der Waals surface area (Å²) in [6.07, 6.45) is 21.6. The van der Waals surface area contributed by atoms with Crippen LogP contribution in [0.1, 0.15) is 110 Å². The number of carboxylic acid groups (broad SMARTS) is 1. The number of rotatable bonds is 21. The molecular formula is C26H44O4. The Morgan fingerprint density at radius 3 is 1.50 bits per heavy atom. The van der Waals surface area contributed by atoms with Crippen LogP contribution in [0.4, 0.5) is 0 Å². The van der Waals surface area contributed by atoms with Gasteiger partial charge in [-0.05, 0) is 18.6 Å². The summed E-state index contributed by atoms with van der Waals surface area (Å²) in [4.78, 5) is 10.6. The maximum absolute atomic E-state index is 10.6. The molecule has 172 valence electrons. The monoisotopic (exact) mass is 420 g/mol. The number of hydrogen-bond donors (Lipinski definition) is 1. The number of carboxylic acids is 1. The quantitative estimate of drug-likeness (QED) is 0.206. The fraction of sp³-hybridized carbons (Fsp3) is 0.731. The van der Waals surface area contributed by atoms with Gasteiger partial charge in [-0.1, -0.05) is 115 Å². The van der Waals surface area contributed by atoms with Gasteiger partial charge in [0.05, 0.1) is 6.61 Å². The van der Waals surface area contributed by atoms with Crippen LogP contribution >= 0.6 is 0 Å². The fourth-order valence-electron chi connectivity index (χ4n) is 3.66. The molecule has 0 radical (unpaired) electrons. The van der Waals surface area contributed by atoms with Crippen LogP contribution in [0.2, 0.25) is 0 Å². The molecule has 0 spiro atoms. The van der Waals surface area contributed by atoms with E-state index in [-0.39, 0.29) is 6.61 Å². The van der Waals surface area contributed by atoms with Crippen molar-refractivity contribution in [3.63, 3.8) is 0 Å². The Labute approximate surface area is 184 Å². The molecule has 0 aromatic heterocycles. The standard InChI is InChI=1S/C26H44O4/c1-2-3-4-5-6-7-8-9-10-11-12-13-14-15-16-19-22-29-24-20-17-18-21-25(24)30-23-26(27)28/h17-18,20-21H,2-16,19,22-23H2,1H3,(H,27,28). The Bertz CT molecular complexity index is 530. The molecule has 0 aliphatic rings. The number of hydrogen-bond acceptors (Lipinski definition) is 3. The lowest BCUT2D eigenvalue weighted by atomic mass is 10.0. The number of unbranched alkanes of at least 4 members (excludes halogenated alkanes) is 15. The molecule has 1 rings (SSSR count). The SMILES string of the molecule is CCCCCCCCCCCCCCCCCCOc1ccccc1OCC(=O)O. The second-order valence-electron chi connectivity index (χ2n) is 8.28. The van der Waals surface area contributed by atoms with E-state index in [1.807, 2.05) is 18.2 Å². The first-order chi connectivity index (χ1) is 14.7. The van der Waals surface area contributed by atoms with Gasteiger partial charge in [0.25, 0.3) is 0 Å². The van der Waals surface area contributed by atoms with E-state index < -0.39 is 5.97 Å². The van der Waals surface area contributed by atoms with Crippen molar-refractivity contribution >= 4 is 5.97 Å². The number of aliphatic carboxylic acids is 1. The Balaban J connectivity index is 1.88. The summed E-state index contributed by atoms with van der Waals surface area (Å²) in [5, 5.41) is 8.73. The molecule has 0 saturated heterocycles. The molecule has 0 bridgehead atoms. The van der Waals surface area contributed by atoms with Gasteiger partial charge in [-0.15, -0.1) is 0 Å². The topological polar surface area (TPSA) is 55.8 Å². The highest BCUT2D eigenvalue weighted by Gasteiger charge is 2.06. The molecule has 0 unspecified atom stereocenters. The van der Waals surface area contributed by atoms with Crippen LogP contribution in [0.3, 0.4) is 0 Å². The largest absolute Gasteiger partial charge is 0.490 e. The van der Waals surface area contributed by atoms with E-state index in [0.717, 1.165) is 6.42 Å². The number of benzene rings is 1. The van der Waals surface area contributed by atoms with Crippen molar-refractivity contribution in [2.75, 3.05) is 13.2 Å². The first-order valence-electron chi connectivity index (χ1n) is 12.3. The Morgan fingerprint density at radius 1 is 0.667 bits per heavy atom. The molecule has 1 aromatic rings. The summed E-state index contributed by atoms with van der Waals surface area (Å²) in [6, 6.07) is 7.25. The van der Waals surface area contributed by atoms with Crippen molar-refractivity contribution in [2.24, 2.45) is 0 Å². The van der Waals surface area contributed by atoms with Gasteiger partial charge in [-0.2, -0.15) is 0 Å². The lowest BCUT2D eigenvalue weighted by molar-refractivity contribution is -0.139. The van der Waals surface area contributed by atoms with Crippen LogP contribution < -0.4 is 9.47 Å². The van der Waals surface area contributed by atoms with Gasteiger partial charge in [0.1, 0.15) is 0 Å². The van der Waals surface area contributed by atoms with Crippen LogP contribution in [-0.4, -0.2) is 24.3 Å². The van der Waals surface area contributed by atoms with E-state index in [9.17, 15) is 4.79 Å². The number of para-hydroxylation sites is 2. The van der Waals surface area contributed by atoms with E-state index in [1.54, 1.807) is 6.07 Å². The Hall–Kier alpha value is -1.71. The molecule has 1 N–H and O–H groups in total. The van der Waals surface area contributed by atoms with Crippen molar-refractivity contribution in [3.05, 3.63) is 24.3 Å². The van der Waals surface area contributed by atoms with Gasteiger partial charge < -0.3 is 14.6 Å². The van der Waals surface area contributed by atoms with E-state index in [1.165, 1.54) is 96.3 Å². The second kappa shape index (κ2) is 19.3. The predicted molar refractivity (Wildman–Crippen MR) is 125 cm³/mol. The van der Waals surface area contributed by atoms with Crippen LogP contribution in [0, 0.1) is 0 Å². The van der Waals surface area contributed by atoms with Crippen molar-refractivity contribution < 1.29 is 19.4 Å². The zero-order valence-corrected chi connectivity index (χ0v) is 19.2. The van der Waals surface area contributed by atoms with Gasteiger partial charge >= 0.3 is 5.97 Å². The Morgan fingerprint density at radius 2 is 1.07 bits per heavy atom. The third-order valence-electron chi connectivity index (χ3n) is 5.46. The van der Waals surface area contributed by atoms with Gasteiger partial charge in [-0.25, -0.2) is 4.79 Å². The summed E-state index contributed by atoms with van der Waals surface area (Å²) in [6.45, 7) is 2.57. The highest BCUT2D eigenvalue weighted by Crippen LogP contribution is 2.26. The molecule has 0 aliphatic carbocycles. The molecule has 0 heterocycles. The molecule has 0 saturated carbocycles. The summed E-state index contributed by atoms with van der Waals surface area (Å²) in [5.41, 5.74) is 0. The minimum atomic E-state index is -0.984. The molecule has 0 fully saturated rings. The summed E-state index contributed by atoms with van der Waals surface area (Å²) in [7, 11) is 0. The average Bonchev–Trinajstić information content (AvgIpc) is 2.75. The predicted octanol–water partition coefficient (Wildman–Crippen LogP) is 7.79. The average molecular weight is 421 g/mol. The van der Waals surface area contributed by atoms with Crippen molar-refractivity contribution in [3.8, 4) is 11.5 Å². The van der Waals surface area contributed by atoms with Crippen molar-refractivity contribution in [2.45, 2.75) is 110 Å². The van der Waals surface area contributed by atoms with E-state index >= 15 is 0 Å². The molecule has 0 amide bonds. The highest BCUT2D eigenvalue weighted by molar-refractivity contribution is 5.68. The van der Waals surface area contributed by atoms with Crippen LogP contribution in [0.15, 0.2) is 24.3 Å². The summed E-state index contributed by atoms with van der Waals surface area (Å²) >= 11 is 0. The van der Waals surface area contributed by atoms with Gasteiger partial charge in [-0.3, -0.25) is 0 Å². The van der Waals surface area contributed by atoms with Crippen LogP contribution in [-0.2, 0) is 4.79 Å². The van der Waals surface area contributed by atoms with Crippen LogP contribution in [0.5, 0.6) is 11.5 Å². The molecule has 30 heavy (non-hydrogen) atoms. The van der Waals surface area contributed by atoms with E-state index in [4.69, 9.17) is 14.6 Å². The van der Waals surface area contributed by atoms with E-state index in [2.05, 4.69) is 6.92 Å². The summed E-state index contributed by atoms with van der Waals surface area (Å²) in [5.74, 6) is 0.138. The Kier molecular flexibility index (Phi) is 16.9. The third-order valence-corrected chi connectivity index (χ3v) is 5.46. The number of carbonyl (C=O) groups is 1. The van der Waals surface area contributed by atoms with Crippen molar-refractivity contribution in [1.29, 1.82) is 0 Å². The second-order valence-corrected chi connectivity index (χ2v) is 8.28. The van der Waals surface area contributed by atoms with Gasteiger partial charge in [0.15, 0.2) is 18.1 Å². The van der Waals surface area contributed by atoms with Crippen LogP contribution in [0.25, 0.3) is 0 Å². The smallest absolute Gasteiger partial charge is 0.341 e. The van der Waals surface area contributed by atoms with Crippen molar-refractivity contribution in [1.82, 2.24) is 0 Å². The minimum absolute atomic E-state index is 0.348. The van der Waals surface area contributed by atoms with Gasteiger partial charge in [0.2, 0.25) is 0 Å². The number of ether oxygens (including phenoxy) is 2. The molecule has 0 atom stereocenters. The fourth-order valence-corrected chi connectivity index (χ4v) is 3.66. The molecule has 1 aromatic carbocycles. The minimum Gasteiger partial charge on any atom is -0.490 e. The lowest BCUT2D eigenvalue weighted by Crippen LogP contribution is -2.10. The maximum atomic E-state index is 10.6. The van der Waals surface area contributed by atoms with Gasteiger partial charge in [0, 0.05) is 0 Å². The molecule has 4 heteroatoms. The third kappa shape index (κ3) is 15.2. The maximum Gasteiger partial charge on any atom is 0.341 e. The summed E-state index contributed by atoms with van der Waals surface area (Å²) < 4.78 is 11.0.